The molecule has 2 saturated heterocycles. The molecule has 0 radical (unpaired) electrons. The van der Waals surface area contributed by atoms with Crippen molar-refractivity contribution in [3.8, 4) is 11.5 Å². The lowest BCUT2D eigenvalue weighted by molar-refractivity contribution is -0.140. The van der Waals surface area contributed by atoms with Crippen LogP contribution in [0.5, 0.6) is 11.5 Å². The third-order valence-corrected chi connectivity index (χ3v) is 7.31. The molecule has 4 amide bonds. The van der Waals surface area contributed by atoms with Crippen LogP contribution < -0.4 is 14.8 Å². The van der Waals surface area contributed by atoms with E-state index in [1.165, 1.54) is 0 Å². The van der Waals surface area contributed by atoms with Gasteiger partial charge in [0.2, 0.25) is 5.91 Å². The predicted molar refractivity (Wildman–Crippen MR) is 125 cm³/mol. The molecule has 2 fully saturated rings. The quantitative estimate of drug-likeness (QED) is 0.689. The number of methoxy groups -OCH3 is 2. The van der Waals surface area contributed by atoms with Crippen molar-refractivity contribution in [2.75, 3.05) is 27.3 Å². The van der Waals surface area contributed by atoms with Gasteiger partial charge in [0.15, 0.2) is 0 Å². The highest BCUT2D eigenvalue weighted by atomic mass is 16.5. The molecule has 0 aromatic heterocycles. The van der Waals surface area contributed by atoms with Crippen LogP contribution in [0.1, 0.15) is 48.4 Å². The normalized spacial score (nSPS) is 23.8. The number of carbonyl (C=O) groups excluding carboxylic acids is 3. The summed E-state index contributed by atoms with van der Waals surface area (Å²) in [5.74, 6) is 0.769. The highest BCUT2D eigenvalue weighted by Gasteiger charge is 2.54. The summed E-state index contributed by atoms with van der Waals surface area (Å²) in [5.41, 5.74) is 1.70. The number of carbonyl (C=O) groups is 3. The van der Waals surface area contributed by atoms with Gasteiger partial charge in [-0.3, -0.25) is 14.5 Å². The molecule has 1 aliphatic carbocycles. The zero-order valence-corrected chi connectivity index (χ0v) is 19.5. The molecule has 0 saturated carbocycles. The minimum absolute atomic E-state index is 0.206. The first-order valence-corrected chi connectivity index (χ1v) is 11.7. The van der Waals surface area contributed by atoms with Crippen molar-refractivity contribution in [3.05, 3.63) is 59.2 Å². The van der Waals surface area contributed by atoms with Gasteiger partial charge in [0.1, 0.15) is 23.6 Å². The van der Waals surface area contributed by atoms with Crippen LogP contribution in [0, 0.1) is 0 Å². The Bertz CT molecular complexity index is 1150. The molecule has 8 heteroatoms. The number of urea groups is 1. The Morgan fingerprint density at radius 2 is 1.94 bits per heavy atom. The van der Waals surface area contributed by atoms with Crippen LogP contribution in [-0.2, 0) is 21.5 Å². The monoisotopic (exact) mass is 463 g/mol. The number of amides is 4. The van der Waals surface area contributed by atoms with E-state index in [4.69, 9.17) is 9.47 Å². The summed E-state index contributed by atoms with van der Waals surface area (Å²) in [5, 5.41) is 2.93. The minimum Gasteiger partial charge on any atom is -0.497 e. The highest BCUT2D eigenvalue weighted by molar-refractivity contribution is 6.09. The maximum absolute atomic E-state index is 13.6. The number of nitrogens with one attached hydrogen (secondary N) is 1. The minimum atomic E-state index is -1.08. The number of imide groups is 1. The van der Waals surface area contributed by atoms with Crippen LogP contribution in [0.25, 0.3) is 0 Å². The maximum Gasteiger partial charge on any atom is 0.325 e. The Labute approximate surface area is 198 Å². The lowest BCUT2D eigenvalue weighted by atomic mass is 9.76. The maximum atomic E-state index is 13.6. The average Bonchev–Trinajstić information content (AvgIpc) is 3.44. The molecule has 5 rings (SSSR count). The largest absolute Gasteiger partial charge is 0.497 e. The van der Waals surface area contributed by atoms with Crippen LogP contribution in [0.3, 0.4) is 0 Å². The van der Waals surface area contributed by atoms with E-state index in [9.17, 15) is 14.4 Å². The van der Waals surface area contributed by atoms with Gasteiger partial charge in [-0.1, -0.05) is 24.3 Å². The molecule has 3 aliphatic rings. The molecular weight excluding hydrogens is 434 g/mol. The summed E-state index contributed by atoms with van der Waals surface area (Å²) in [6.07, 6.45) is 3.81. The SMILES string of the molecule is COc1ccc(OC)c([C@@H]2CCCN2C(=O)CN2C(=O)N[C@@]3(CCCc4ccccc43)C2=O)c1. The number of ether oxygens (including phenoxy) is 2. The number of benzene rings is 2. The van der Waals surface area contributed by atoms with E-state index in [1.54, 1.807) is 19.1 Å². The molecule has 178 valence electrons. The van der Waals surface area contributed by atoms with Crippen LogP contribution >= 0.6 is 0 Å². The first kappa shape index (κ1) is 22.3. The first-order chi connectivity index (χ1) is 16.5. The number of nitrogens with zero attached hydrogens (tertiary/aromatic N) is 2. The van der Waals surface area contributed by atoms with Gasteiger partial charge in [-0.25, -0.2) is 4.79 Å². The van der Waals surface area contributed by atoms with Crippen molar-refractivity contribution in [1.29, 1.82) is 0 Å². The molecule has 2 aliphatic heterocycles. The Kier molecular flexibility index (Phi) is 5.67. The van der Waals surface area contributed by atoms with Crippen LogP contribution in [0.4, 0.5) is 4.79 Å². The molecule has 0 unspecified atom stereocenters. The van der Waals surface area contributed by atoms with Crippen LogP contribution in [0.15, 0.2) is 42.5 Å². The number of likely N-dealkylation sites (tertiary alicyclic amines) is 1. The summed E-state index contributed by atoms with van der Waals surface area (Å²) < 4.78 is 10.9. The highest BCUT2D eigenvalue weighted by Crippen LogP contribution is 2.41. The smallest absolute Gasteiger partial charge is 0.325 e. The van der Waals surface area contributed by atoms with E-state index < -0.39 is 11.6 Å². The first-order valence-electron chi connectivity index (χ1n) is 11.7. The zero-order chi connectivity index (χ0) is 23.9. The van der Waals surface area contributed by atoms with E-state index in [-0.39, 0.29) is 24.4 Å². The molecule has 2 atom stereocenters. The van der Waals surface area contributed by atoms with Gasteiger partial charge >= 0.3 is 6.03 Å². The molecule has 8 nitrogen and oxygen atoms in total. The van der Waals surface area contributed by atoms with Crippen molar-refractivity contribution >= 4 is 17.8 Å². The summed E-state index contributed by atoms with van der Waals surface area (Å²) in [4.78, 5) is 42.8. The van der Waals surface area contributed by atoms with Gasteiger partial charge in [0.25, 0.3) is 5.91 Å². The van der Waals surface area contributed by atoms with Gasteiger partial charge in [-0.15, -0.1) is 0 Å². The zero-order valence-electron chi connectivity index (χ0n) is 19.5. The summed E-state index contributed by atoms with van der Waals surface area (Å²) in [6, 6.07) is 12.6. The molecule has 1 spiro atoms. The van der Waals surface area contributed by atoms with Gasteiger partial charge in [-0.05, 0) is 61.4 Å². The molecular formula is C26H29N3O5. The Hall–Kier alpha value is -3.55. The fourth-order valence-electron chi connectivity index (χ4n) is 5.67. The topological polar surface area (TPSA) is 88.2 Å². The second-order valence-electron chi connectivity index (χ2n) is 9.09. The second-order valence-corrected chi connectivity index (χ2v) is 9.09. The summed E-state index contributed by atoms with van der Waals surface area (Å²) >= 11 is 0. The number of fused-ring (bicyclic) bond motifs is 2. The van der Waals surface area contributed by atoms with E-state index in [1.807, 2.05) is 42.5 Å². The lowest BCUT2D eigenvalue weighted by Gasteiger charge is -2.33. The van der Waals surface area contributed by atoms with Crippen molar-refractivity contribution in [2.45, 2.75) is 43.7 Å². The Morgan fingerprint density at radius 3 is 2.74 bits per heavy atom. The molecule has 2 aromatic carbocycles. The van der Waals surface area contributed by atoms with Gasteiger partial charge in [-0.2, -0.15) is 0 Å². The molecule has 2 heterocycles. The van der Waals surface area contributed by atoms with E-state index in [0.29, 0.717) is 24.5 Å². The van der Waals surface area contributed by atoms with E-state index >= 15 is 0 Å². The molecule has 2 aromatic rings. The van der Waals surface area contributed by atoms with Crippen molar-refractivity contribution < 1.29 is 23.9 Å². The van der Waals surface area contributed by atoms with Crippen molar-refractivity contribution in [1.82, 2.24) is 15.1 Å². The lowest BCUT2D eigenvalue weighted by Crippen LogP contribution is -2.47. The van der Waals surface area contributed by atoms with Crippen LogP contribution in [-0.4, -0.2) is 55.0 Å². The third-order valence-electron chi connectivity index (χ3n) is 7.31. The Morgan fingerprint density at radius 1 is 1.12 bits per heavy atom. The second kappa shape index (κ2) is 8.66. The number of hydrogen-bond donors (Lipinski definition) is 1. The van der Waals surface area contributed by atoms with Gasteiger partial charge in [0.05, 0.1) is 20.3 Å². The van der Waals surface area contributed by atoms with Crippen LogP contribution in [0.2, 0.25) is 0 Å². The fraction of sp³-hybridized carbons (Fsp3) is 0.423. The molecule has 0 bridgehead atoms. The third kappa shape index (κ3) is 3.48. The number of hydrogen-bond acceptors (Lipinski definition) is 5. The van der Waals surface area contributed by atoms with Gasteiger partial charge < -0.3 is 19.7 Å². The standard InChI is InChI=1S/C26H29N3O5/c1-33-18-11-12-22(34-2)19(15-18)21-10-6-14-28(21)23(30)16-29-24(31)26(27-25(29)32)13-5-8-17-7-3-4-9-20(17)26/h3-4,7,9,11-12,15,21H,5-6,8,10,13-14,16H2,1-2H3,(H,27,32)/t21-,26+/m0/s1. The summed E-state index contributed by atoms with van der Waals surface area (Å²) in [7, 11) is 3.20. The average molecular weight is 464 g/mol. The molecule has 34 heavy (non-hydrogen) atoms. The van der Waals surface area contributed by atoms with Crippen molar-refractivity contribution in [2.24, 2.45) is 0 Å². The number of aryl methyl sites for hydroxylation is 1. The fourth-order valence-corrected chi connectivity index (χ4v) is 5.67. The number of rotatable bonds is 5. The Balaban J connectivity index is 1.39. The van der Waals surface area contributed by atoms with Crippen molar-refractivity contribution in [3.63, 3.8) is 0 Å². The predicted octanol–water partition coefficient (Wildman–Crippen LogP) is 3.15. The molecule has 1 N–H and O–H groups in total. The summed E-state index contributed by atoms with van der Waals surface area (Å²) in [6.45, 7) is 0.277. The van der Waals surface area contributed by atoms with Gasteiger partial charge in [0, 0.05) is 12.1 Å². The van der Waals surface area contributed by atoms with E-state index in [0.717, 1.165) is 47.3 Å². The van der Waals surface area contributed by atoms with E-state index in [2.05, 4.69) is 5.32 Å².